The Bertz CT molecular complexity index is 788. The third-order valence-corrected chi connectivity index (χ3v) is 4.72. The second-order valence-electron chi connectivity index (χ2n) is 5.19. The van der Waals surface area contributed by atoms with E-state index in [1.165, 1.54) is 10.4 Å². The quantitative estimate of drug-likeness (QED) is 0.643. The van der Waals surface area contributed by atoms with Gasteiger partial charge in [-0.05, 0) is 41.4 Å². The van der Waals surface area contributed by atoms with Gasteiger partial charge in [0.05, 0.1) is 13.2 Å². The average molecular weight is 355 g/mol. The summed E-state index contributed by atoms with van der Waals surface area (Å²) in [4.78, 5) is 1.22. The Morgan fingerprint density at radius 1 is 1.04 bits per heavy atom. The molecule has 24 heavy (non-hydrogen) atoms. The molecular weight excluding hydrogens is 336 g/mol. The number of hydrogen-bond acceptors (Lipinski definition) is 3. The standard InChI is InChI=1S/C19H18N2OS2/c1-22-16-10-5-9-15(13-16)20-19(23)21-18(17-11-6-12-24-17)14-7-3-2-4-8-14/h2-13,18H,1H3,(H2,20,21,23)/t18-/m1/s1. The van der Waals surface area contributed by atoms with E-state index in [0.29, 0.717) is 5.11 Å². The monoisotopic (exact) mass is 354 g/mol. The van der Waals surface area contributed by atoms with E-state index in [9.17, 15) is 0 Å². The van der Waals surface area contributed by atoms with Crippen LogP contribution in [0.4, 0.5) is 5.69 Å². The number of benzene rings is 2. The zero-order valence-corrected chi connectivity index (χ0v) is 14.9. The highest BCUT2D eigenvalue weighted by atomic mass is 32.1. The highest BCUT2D eigenvalue weighted by Crippen LogP contribution is 2.26. The van der Waals surface area contributed by atoms with E-state index in [1.54, 1.807) is 18.4 Å². The molecule has 1 atom stereocenters. The molecule has 0 bridgehead atoms. The first-order chi connectivity index (χ1) is 11.8. The van der Waals surface area contributed by atoms with Gasteiger partial charge < -0.3 is 15.4 Å². The summed E-state index contributed by atoms with van der Waals surface area (Å²) in [6, 6.07) is 22.2. The molecule has 0 aliphatic rings. The van der Waals surface area contributed by atoms with Crippen LogP contribution in [-0.2, 0) is 0 Å². The molecule has 0 unspecified atom stereocenters. The molecule has 0 amide bonds. The van der Waals surface area contributed by atoms with Crippen molar-refractivity contribution >= 4 is 34.4 Å². The summed E-state index contributed by atoms with van der Waals surface area (Å²) >= 11 is 7.22. The maximum Gasteiger partial charge on any atom is 0.171 e. The van der Waals surface area contributed by atoms with E-state index >= 15 is 0 Å². The van der Waals surface area contributed by atoms with Crippen LogP contribution in [0.5, 0.6) is 5.75 Å². The van der Waals surface area contributed by atoms with Crippen molar-refractivity contribution in [3.05, 3.63) is 82.6 Å². The van der Waals surface area contributed by atoms with Crippen LogP contribution in [0.3, 0.4) is 0 Å². The van der Waals surface area contributed by atoms with Crippen molar-refractivity contribution in [3.63, 3.8) is 0 Å². The van der Waals surface area contributed by atoms with E-state index in [4.69, 9.17) is 17.0 Å². The fraction of sp³-hybridized carbons (Fsp3) is 0.105. The van der Waals surface area contributed by atoms with Crippen LogP contribution in [-0.4, -0.2) is 12.2 Å². The molecule has 0 aliphatic carbocycles. The molecule has 3 nitrogen and oxygen atoms in total. The first-order valence-corrected chi connectivity index (χ1v) is 8.85. The molecule has 0 aliphatic heterocycles. The number of methoxy groups -OCH3 is 1. The summed E-state index contributed by atoms with van der Waals surface area (Å²) in [6.07, 6.45) is 0. The van der Waals surface area contributed by atoms with Gasteiger partial charge in [0.15, 0.2) is 5.11 Å². The van der Waals surface area contributed by atoms with E-state index in [0.717, 1.165) is 11.4 Å². The number of hydrogen-bond donors (Lipinski definition) is 2. The van der Waals surface area contributed by atoms with Crippen molar-refractivity contribution in [1.29, 1.82) is 0 Å². The van der Waals surface area contributed by atoms with Gasteiger partial charge in [-0.2, -0.15) is 0 Å². The van der Waals surface area contributed by atoms with Gasteiger partial charge in [0.25, 0.3) is 0 Å². The molecule has 1 aromatic heterocycles. The Hall–Kier alpha value is -2.37. The van der Waals surface area contributed by atoms with Gasteiger partial charge in [0.1, 0.15) is 5.75 Å². The van der Waals surface area contributed by atoms with Crippen molar-refractivity contribution in [3.8, 4) is 5.75 Å². The second-order valence-corrected chi connectivity index (χ2v) is 6.58. The van der Waals surface area contributed by atoms with Crippen molar-refractivity contribution in [2.45, 2.75) is 6.04 Å². The number of thiophene rings is 1. The fourth-order valence-electron chi connectivity index (χ4n) is 2.42. The summed E-state index contributed by atoms with van der Waals surface area (Å²) in [5.41, 5.74) is 2.07. The molecule has 0 saturated carbocycles. The molecule has 0 radical (unpaired) electrons. The van der Waals surface area contributed by atoms with Gasteiger partial charge in [-0.3, -0.25) is 0 Å². The lowest BCUT2D eigenvalue weighted by atomic mass is 10.1. The lowest BCUT2D eigenvalue weighted by molar-refractivity contribution is 0.415. The number of nitrogens with one attached hydrogen (secondary N) is 2. The minimum absolute atomic E-state index is 0.0248. The molecule has 2 aromatic carbocycles. The Balaban J connectivity index is 1.76. The normalized spacial score (nSPS) is 11.5. The van der Waals surface area contributed by atoms with Gasteiger partial charge in [0.2, 0.25) is 0 Å². The van der Waals surface area contributed by atoms with Crippen LogP contribution in [0, 0.1) is 0 Å². The van der Waals surface area contributed by atoms with Gasteiger partial charge in [-0.15, -0.1) is 11.3 Å². The predicted molar refractivity (Wildman–Crippen MR) is 105 cm³/mol. The van der Waals surface area contributed by atoms with E-state index in [1.807, 2.05) is 42.5 Å². The van der Waals surface area contributed by atoms with Crippen LogP contribution in [0.25, 0.3) is 0 Å². The Labute approximate surface area is 151 Å². The zero-order valence-electron chi connectivity index (χ0n) is 13.2. The molecule has 5 heteroatoms. The molecule has 0 spiro atoms. The molecule has 0 fully saturated rings. The fourth-order valence-corrected chi connectivity index (χ4v) is 3.46. The molecule has 2 N–H and O–H groups in total. The first-order valence-electron chi connectivity index (χ1n) is 7.56. The SMILES string of the molecule is COc1cccc(NC(=S)N[C@H](c2ccccc2)c2cccs2)c1. The third kappa shape index (κ3) is 4.13. The average Bonchev–Trinajstić information content (AvgIpc) is 3.15. The van der Waals surface area contributed by atoms with Crippen LogP contribution in [0.2, 0.25) is 0 Å². The highest BCUT2D eigenvalue weighted by Gasteiger charge is 2.16. The summed E-state index contributed by atoms with van der Waals surface area (Å²) in [7, 11) is 1.65. The number of rotatable bonds is 5. The van der Waals surface area contributed by atoms with Gasteiger partial charge in [-0.25, -0.2) is 0 Å². The van der Waals surface area contributed by atoms with Crippen LogP contribution >= 0.6 is 23.6 Å². The molecule has 0 saturated heterocycles. The van der Waals surface area contributed by atoms with Crippen molar-refractivity contribution < 1.29 is 4.74 Å². The van der Waals surface area contributed by atoms with Gasteiger partial charge in [-0.1, -0.05) is 42.5 Å². The first kappa shape index (κ1) is 16.5. The van der Waals surface area contributed by atoms with Crippen LogP contribution < -0.4 is 15.4 Å². The maximum absolute atomic E-state index is 5.51. The van der Waals surface area contributed by atoms with E-state index in [2.05, 4.69) is 40.3 Å². The van der Waals surface area contributed by atoms with Crippen molar-refractivity contribution in [1.82, 2.24) is 5.32 Å². The zero-order chi connectivity index (χ0) is 16.8. The topological polar surface area (TPSA) is 33.3 Å². The lowest BCUT2D eigenvalue weighted by Gasteiger charge is -2.20. The second kappa shape index (κ2) is 7.95. The Kier molecular flexibility index (Phi) is 5.46. The minimum atomic E-state index is 0.0248. The Morgan fingerprint density at radius 3 is 2.58 bits per heavy atom. The van der Waals surface area contributed by atoms with E-state index < -0.39 is 0 Å². The minimum Gasteiger partial charge on any atom is -0.497 e. The predicted octanol–water partition coefficient (Wildman–Crippen LogP) is 4.83. The summed E-state index contributed by atoms with van der Waals surface area (Å²) in [5.74, 6) is 0.792. The van der Waals surface area contributed by atoms with Crippen LogP contribution in [0.15, 0.2) is 72.1 Å². The number of ether oxygens (including phenoxy) is 1. The van der Waals surface area contributed by atoms with Crippen LogP contribution in [0.1, 0.15) is 16.5 Å². The molecular formula is C19H18N2OS2. The summed E-state index contributed by atoms with van der Waals surface area (Å²) in [6.45, 7) is 0. The number of thiocarbonyl (C=S) groups is 1. The van der Waals surface area contributed by atoms with Gasteiger partial charge in [0, 0.05) is 16.6 Å². The smallest absolute Gasteiger partial charge is 0.171 e. The van der Waals surface area contributed by atoms with Gasteiger partial charge >= 0.3 is 0 Å². The molecule has 3 rings (SSSR count). The van der Waals surface area contributed by atoms with Crippen molar-refractivity contribution in [2.24, 2.45) is 0 Å². The highest BCUT2D eigenvalue weighted by molar-refractivity contribution is 7.80. The lowest BCUT2D eigenvalue weighted by Crippen LogP contribution is -2.32. The third-order valence-electron chi connectivity index (χ3n) is 3.56. The molecule has 1 heterocycles. The summed E-state index contributed by atoms with van der Waals surface area (Å²) < 4.78 is 5.24. The summed E-state index contributed by atoms with van der Waals surface area (Å²) in [5, 5.41) is 9.28. The Morgan fingerprint density at radius 2 is 1.88 bits per heavy atom. The largest absolute Gasteiger partial charge is 0.497 e. The maximum atomic E-state index is 5.51. The number of anilines is 1. The van der Waals surface area contributed by atoms with E-state index in [-0.39, 0.29) is 6.04 Å². The molecule has 122 valence electrons. The van der Waals surface area contributed by atoms with Crippen molar-refractivity contribution in [2.75, 3.05) is 12.4 Å². The molecule has 3 aromatic rings.